The van der Waals surface area contributed by atoms with Gasteiger partial charge in [0, 0.05) is 4.90 Å². The lowest BCUT2D eigenvalue weighted by Crippen LogP contribution is -2.07. The Balaban J connectivity index is 0.880. The first kappa shape index (κ1) is 47.9. The molecule has 346 valence electrons. The number of benzene rings is 8. The summed E-state index contributed by atoms with van der Waals surface area (Å²) in [7, 11) is -13.0. The zero-order valence-corrected chi connectivity index (χ0v) is 39.6. The molecule has 68 heavy (non-hydrogen) atoms. The highest BCUT2D eigenvalue weighted by Gasteiger charge is 2.26. The van der Waals surface area contributed by atoms with Gasteiger partial charge in [-0.05, 0) is 155 Å². The van der Waals surface area contributed by atoms with E-state index in [-0.39, 0.29) is 26.2 Å². The molecule has 0 radical (unpaired) electrons. The molecule has 0 amide bonds. The van der Waals surface area contributed by atoms with Crippen molar-refractivity contribution in [3.8, 4) is 45.3 Å². The van der Waals surface area contributed by atoms with E-state index < -0.39 is 39.6 Å². The van der Waals surface area contributed by atoms with Crippen molar-refractivity contribution in [3.63, 3.8) is 0 Å². The van der Waals surface area contributed by atoms with Gasteiger partial charge in [0.25, 0.3) is 10.1 Å². The van der Waals surface area contributed by atoms with Gasteiger partial charge in [-0.25, -0.2) is 22.1 Å². The summed E-state index contributed by atoms with van der Waals surface area (Å²) in [5, 5.41) is 12.1. The number of aryl methyl sites for hydroxylation is 2. The molecule has 0 saturated heterocycles. The van der Waals surface area contributed by atoms with E-state index in [0.29, 0.717) is 40.4 Å². The van der Waals surface area contributed by atoms with Crippen LogP contribution in [-0.4, -0.2) is 35.1 Å². The van der Waals surface area contributed by atoms with Gasteiger partial charge in [0.2, 0.25) is 19.7 Å². The van der Waals surface area contributed by atoms with Crippen LogP contribution < -0.4 is 9.47 Å². The van der Waals surface area contributed by atoms with Gasteiger partial charge in [-0.1, -0.05) is 103 Å². The standard InChI is InChI=1S/C52H42O12S4/c1-3-36-5-11-39(12-6-36)41-15-19-43(20-16-41)61-44-23-28-47(29-24-44)66(54,55)46-26-9-38(10-27-46)32-37-7-13-40(14-8-37)42-17-21-45(22-18-42)62-50-31-30-49(34-52(50)68(58,59)60)67(56,57)48-25-4-35(2)51(33-48)65-64-63-53/h4-31,33-34,53H,3,32H2,1-2H3,(H,58,59,60). The van der Waals surface area contributed by atoms with Crippen LogP contribution in [0.3, 0.4) is 0 Å². The van der Waals surface area contributed by atoms with Crippen LogP contribution in [0.15, 0.2) is 211 Å². The van der Waals surface area contributed by atoms with E-state index in [1.165, 1.54) is 23.8 Å². The summed E-state index contributed by atoms with van der Waals surface area (Å²) in [6.07, 6.45) is 1.54. The van der Waals surface area contributed by atoms with Gasteiger partial charge < -0.3 is 9.47 Å². The van der Waals surface area contributed by atoms with Crippen molar-refractivity contribution in [2.24, 2.45) is 0 Å². The largest absolute Gasteiger partial charge is 0.457 e. The Hall–Kier alpha value is -6.60. The molecular formula is C52H42O12S4. The van der Waals surface area contributed by atoms with Crippen molar-refractivity contribution >= 4 is 41.8 Å². The summed E-state index contributed by atoms with van der Waals surface area (Å²) in [5.41, 5.74) is 7.71. The fraction of sp³-hybridized carbons (Fsp3) is 0.0769. The van der Waals surface area contributed by atoms with Crippen LogP contribution in [0, 0.1) is 6.92 Å². The Morgan fingerprint density at radius 1 is 0.471 bits per heavy atom. The Bertz CT molecular complexity index is 3400. The van der Waals surface area contributed by atoms with Crippen molar-refractivity contribution < 1.29 is 53.9 Å². The average molecular weight is 987 g/mol. The summed E-state index contributed by atoms with van der Waals surface area (Å²) in [4.78, 5) is -0.735. The van der Waals surface area contributed by atoms with Crippen molar-refractivity contribution in [3.05, 3.63) is 204 Å². The number of hydrogen-bond donors (Lipinski definition) is 2. The highest BCUT2D eigenvalue weighted by Crippen LogP contribution is 2.36. The van der Waals surface area contributed by atoms with E-state index in [1.807, 2.05) is 48.5 Å². The zero-order valence-electron chi connectivity index (χ0n) is 36.3. The van der Waals surface area contributed by atoms with Crippen LogP contribution >= 0.6 is 12.0 Å². The molecule has 0 aliphatic rings. The molecular weight excluding hydrogens is 945 g/mol. The molecule has 0 fully saturated rings. The Kier molecular flexibility index (Phi) is 14.3. The first-order valence-electron chi connectivity index (χ1n) is 20.9. The number of ether oxygens (including phenoxy) is 2. The lowest BCUT2D eigenvalue weighted by Gasteiger charge is -2.13. The van der Waals surface area contributed by atoms with E-state index in [0.717, 1.165) is 58.0 Å². The molecule has 16 heteroatoms. The molecule has 0 atom stereocenters. The number of sulfone groups is 2. The Morgan fingerprint density at radius 2 is 0.868 bits per heavy atom. The third-order valence-corrected chi connectivity index (χ3v) is 16.2. The predicted molar refractivity (Wildman–Crippen MR) is 258 cm³/mol. The van der Waals surface area contributed by atoms with E-state index in [9.17, 15) is 29.8 Å². The van der Waals surface area contributed by atoms with Crippen molar-refractivity contribution in [2.75, 3.05) is 0 Å². The second kappa shape index (κ2) is 20.3. The maximum absolute atomic E-state index is 13.5. The molecule has 8 aromatic rings. The fourth-order valence-electron chi connectivity index (χ4n) is 7.25. The van der Waals surface area contributed by atoms with Gasteiger partial charge in [0.05, 0.1) is 31.6 Å². The summed E-state index contributed by atoms with van der Waals surface area (Å²) in [6, 6.07) is 51.2. The molecule has 8 aromatic carbocycles. The van der Waals surface area contributed by atoms with Crippen LogP contribution in [0.4, 0.5) is 0 Å². The Morgan fingerprint density at radius 3 is 1.37 bits per heavy atom. The van der Waals surface area contributed by atoms with Crippen molar-refractivity contribution in [2.45, 2.75) is 56.1 Å². The highest BCUT2D eigenvalue weighted by molar-refractivity contribution is 7.94. The first-order valence-corrected chi connectivity index (χ1v) is 26.1. The lowest BCUT2D eigenvalue weighted by atomic mass is 10.0. The molecule has 2 N–H and O–H groups in total. The smallest absolute Gasteiger partial charge is 0.298 e. The molecule has 12 nitrogen and oxygen atoms in total. The molecule has 0 aliphatic heterocycles. The van der Waals surface area contributed by atoms with Gasteiger partial charge >= 0.3 is 0 Å². The average Bonchev–Trinajstić information content (AvgIpc) is 3.34. The highest BCUT2D eigenvalue weighted by atomic mass is 32.2. The van der Waals surface area contributed by atoms with Gasteiger partial charge in [-0.3, -0.25) is 4.55 Å². The Labute approximate surface area is 399 Å². The monoisotopic (exact) mass is 986 g/mol. The second-order valence-corrected chi connectivity index (χ2v) is 21.6. The second-order valence-electron chi connectivity index (χ2n) is 15.5. The van der Waals surface area contributed by atoms with Crippen LogP contribution in [0.25, 0.3) is 22.3 Å². The quantitative estimate of drug-likeness (QED) is 0.0381. The molecule has 0 bridgehead atoms. The van der Waals surface area contributed by atoms with Gasteiger partial charge in [0.1, 0.15) is 27.9 Å². The van der Waals surface area contributed by atoms with Crippen molar-refractivity contribution in [1.29, 1.82) is 0 Å². The molecule has 0 saturated carbocycles. The van der Waals surface area contributed by atoms with Crippen molar-refractivity contribution in [1.82, 2.24) is 0 Å². The number of rotatable bonds is 17. The van der Waals surface area contributed by atoms with Crippen LogP contribution in [-0.2, 0) is 52.0 Å². The third kappa shape index (κ3) is 11.1. The summed E-state index contributed by atoms with van der Waals surface area (Å²) >= 11 is 0.574. The van der Waals surface area contributed by atoms with Crippen LogP contribution in [0.1, 0.15) is 29.2 Å². The predicted octanol–water partition coefficient (Wildman–Crippen LogP) is 12.4. The van der Waals surface area contributed by atoms with E-state index in [1.54, 1.807) is 79.7 Å². The topological polar surface area (TPSA) is 180 Å². The molecule has 0 spiro atoms. The molecule has 0 heterocycles. The third-order valence-electron chi connectivity index (χ3n) is 11.1. The van der Waals surface area contributed by atoms with Crippen LogP contribution in [0.2, 0.25) is 0 Å². The maximum Gasteiger partial charge on any atom is 0.298 e. The normalized spacial score (nSPS) is 11.9. The van der Waals surface area contributed by atoms with Crippen LogP contribution in [0.5, 0.6) is 23.0 Å². The summed E-state index contributed by atoms with van der Waals surface area (Å²) in [5.74, 6) is 1.08. The molecule has 0 unspecified atom stereocenters. The van der Waals surface area contributed by atoms with E-state index >= 15 is 0 Å². The minimum absolute atomic E-state index is 0.154. The zero-order chi connectivity index (χ0) is 48.1. The SMILES string of the molecule is CCc1ccc(-c2ccc(Oc3ccc(S(=O)(=O)c4ccc(Cc5ccc(-c6ccc(Oc7ccc(S(=O)(=O)c8ccc(C)c(SOOO)c8)cc7S(=O)(=O)O)cc6)cc5)cc4)cc3)cc2)cc1. The first-order chi connectivity index (χ1) is 32.6. The summed E-state index contributed by atoms with van der Waals surface area (Å²) < 4.78 is 105. The van der Waals surface area contributed by atoms with E-state index in [2.05, 4.69) is 40.6 Å². The fourth-order valence-corrected chi connectivity index (χ4v) is 11.1. The molecule has 8 rings (SSSR count). The minimum Gasteiger partial charge on any atom is -0.457 e. The molecule has 0 aromatic heterocycles. The number of hydrogen-bond acceptors (Lipinski definition) is 12. The van der Waals surface area contributed by atoms with Gasteiger partial charge in [-0.2, -0.15) is 8.42 Å². The van der Waals surface area contributed by atoms with Gasteiger partial charge in [-0.15, -0.1) is 4.33 Å². The lowest BCUT2D eigenvalue weighted by molar-refractivity contribution is -0.432. The van der Waals surface area contributed by atoms with E-state index in [4.69, 9.17) is 14.7 Å². The summed E-state index contributed by atoms with van der Waals surface area (Å²) in [6.45, 7) is 3.81. The maximum atomic E-state index is 13.5. The minimum atomic E-state index is -4.95. The molecule has 0 aliphatic carbocycles. The van der Waals surface area contributed by atoms with Gasteiger partial charge in [0.15, 0.2) is 0 Å².